The molecular formula is C12H14ClN3O. The molecule has 0 spiro atoms. The van der Waals surface area contributed by atoms with Crippen LogP contribution in [0.25, 0.3) is 0 Å². The van der Waals surface area contributed by atoms with E-state index in [1.165, 1.54) is 0 Å². The molecule has 1 atom stereocenters. The van der Waals surface area contributed by atoms with Gasteiger partial charge in [-0.25, -0.2) is 4.98 Å². The van der Waals surface area contributed by atoms with Crippen LogP contribution in [-0.4, -0.2) is 19.9 Å². The number of aryl methyl sites for hydroxylation is 1. The maximum atomic E-state index is 10.0. The van der Waals surface area contributed by atoms with Crippen LogP contribution >= 0.6 is 11.6 Å². The van der Waals surface area contributed by atoms with Crippen molar-refractivity contribution in [3.63, 3.8) is 0 Å². The van der Waals surface area contributed by atoms with Gasteiger partial charge < -0.3 is 5.11 Å². The number of halogens is 1. The molecule has 0 aliphatic heterocycles. The minimum atomic E-state index is -0.575. The van der Waals surface area contributed by atoms with E-state index in [2.05, 4.69) is 10.1 Å². The van der Waals surface area contributed by atoms with Gasteiger partial charge in [0.1, 0.15) is 5.15 Å². The van der Waals surface area contributed by atoms with Crippen molar-refractivity contribution < 1.29 is 5.11 Å². The second-order valence-electron chi connectivity index (χ2n) is 3.84. The Morgan fingerprint density at radius 2 is 2.24 bits per heavy atom. The molecule has 2 heterocycles. The number of hydrogen-bond donors (Lipinski definition) is 1. The Bertz CT molecular complexity index is 481. The van der Waals surface area contributed by atoms with E-state index in [4.69, 9.17) is 11.6 Å². The summed E-state index contributed by atoms with van der Waals surface area (Å²) in [6.07, 6.45) is 5.26. The molecule has 1 unspecified atom stereocenters. The third-order valence-electron chi connectivity index (χ3n) is 2.57. The van der Waals surface area contributed by atoms with Gasteiger partial charge in [0.2, 0.25) is 0 Å². The van der Waals surface area contributed by atoms with Crippen molar-refractivity contribution in [2.24, 2.45) is 0 Å². The maximum Gasteiger partial charge on any atom is 0.129 e. The van der Waals surface area contributed by atoms with E-state index in [1.807, 2.05) is 17.8 Å². The molecule has 0 radical (unpaired) electrons. The summed E-state index contributed by atoms with van der Waals surface area (Å²) in [5.74, 6) is 0. The number of aromatic nitrogens is 3. The van der Waals surface area contributed by atoms with Crippen molar-refractivity contribution in [3.8, 4) is 0 Å². The minimum absolute atomic E-state index is 0.430. The standard InChI is InChI=1S/C12H14ClN3O/c1-2-16-8-9(6-15-16)5-11(17)10-3-4-12(13)14-7-10/h3-4,6-8,11,17H,2,5H2,1H3. The van der Waals surface area contributed by atoms with Gasteiger partial charge in [-0.3, -0.25) is 4.68 Å². The van der Waals surface area contributed by atoms with Crippen molar-refractivity contribution in [2.45, 2.75) is 26.0 Å². The van der Waals surface area contributed by atoms with Gasteiger partial charge >= 0.3 is 0 Å². The van der Waals surface area contributed by atoms with E-state index >= 15 is 0 Å². The predicted octanol–water partition coefficient (Wildman–Crippen LogP) is 2.23. The molecule has 17 heavy (non-hydrogen) atoms. The molecule has 0 fully saturated rings. The first kappa shape index (κ1) is 12.1. The molecule has 0 bridgehead atoms. The van der Waals surface area contributed by atoms with E-state index in [-0.39, 0.29) is 0 Å². The van der Waals surface area contributed by atoms with Crippen molar-refractivity contribution >= 4 is 11.6 Å². The normalized spacial score (nSPS) is 12.6. The first-order valence-electron chi connectivity index (χ1n) is 5.50. The van der Waals surface area contributed by atoms with Crippen molar-refractivity contribution in [2.75, 3.05) is 0 Å². The van der Waals surface area contributed by atoms with Crippen LogP contribution in [0.4, 0.5) is 0 Å². The lowest BCUT2D eigenvalue weighted by Gasteiger charge is -2.08. The summed E-state index contributed by atoms with van der Waals surface area (Å²) < 4.78 is 1.84. The highest BCUT2D eigenvalue weighted by molar-refractivity contribution is 6.29. The summed E-state index contributed by atoms with van der Waals surface area (Å²) in [4.78, 5) is 3.95. The fourth-order valence-corrected chi connectivity index (χ4v) is 1.72. The molecule has 1 N–H and O–H groups in total. The molecule has 90 valence electrons. The van der Waals surface area contributed by atoms with E-state index in [1.54, 1.807) is 24.5 Å². The molecule has 2 aromatic rings. The number of aliphatic hydroxyl groups is 1. The average Bonchev–Trinajstić information content (AvgIpc) is 2.77. The monoisotopic (exact) mass is 251 g/mol. The summed E-state index contributed by atoms with van der Waals surface area (Å²) in [5, 5.41) is 14.6. The zero-order valence-electron chi connectivity index (χ0n) is 9.55. The Balaban J connectivity index is 2.05. The lowest BCUT2D eigenvalue weighted by molar-refractivity contribution is 0.178. The van der Waals surface area contributed by atoms with Crippen molar-refractivity contribution in [1.82, 2.24) is 14.8 Å². The topological polar surface area (TPSA) is 50.9 Å². The van der Waals surface area contributed by atoms with Gasteiger partial charge in [-0.2, -0.15) is 5.10 Å². The molecule has 0 saturated carbocycles. The first-order valence-corrected chi connectivity index (χ1v) is 5.87. The van der Waals surface area contributed by atoms with Crippen LogP contribution in [0.1, 0.15) is 24.2 Å². The second kappa shape index (κ2) is 5.29. The number of aliphatic hydroxyl groups excluding tert-OH is 1. The quantitative estimate of drug-likeness (QED) is 0.848. The van der Waals surface area contributed by atoms with Crippen LogP contribution in [0.2, 0.25) is 5.15 Å². The summed E-state index contributed by atoms with van der Waals surface area (Å²) in [6, 6.07) is 3.46. The Labute approximate surface area is 105 Å². The van der Waals surface area contributed by atoms with Crippen LogP contribution in [0.5, 0.6) is 0 Å². The minimum Gasteiger partial charge on any atom is -0.388 e. The van der Waals surface area contributed by atoms with Gasteiger partial charge in [0.15, 0.2) is 0 Å². The number of hydrogen-bond acceptors (Lipinski definition) is 3. The zero-order chi connectivity index (χ0) is 12.3. The molecule has 0 aliphatic carbocycles. The van der Waals surface area contributed by atoms with Crippen LogP contribution in [0, 0.1) is 0 Å². The molecule has 4 nitrogen and oxygen atoms in total. The molecule has 5 heteroatoms. The van der Waals surface area contributed by atoms with Crippen LogP contribution < -0.4 is 0 Å². The van der Waals surface area contributed by atoms with E-state index in [9.17, 15) is 5.11 Å². The van der Waals surface area contributed by atoms with Gasteiger partial charge in [0.05, 0.1) is 12.3 Å². The van der Waals surface area contributed by atoms with Crippen molar-refractivity contribution in [1.29, 1.82) is 0 Å². The highest BCUT2D eigenvalue weighted by Gasteiger charge is 2.10. The summed E-state index contributed by atoms with van der Waals surface area (Å²) in [5.41, 5.74) is 1.77. The lowest BCUT2D eigenvalue weighted by atomic mass is 10.1. The van der Waals surface area contributed by atoms with Gasteiger partial charge in [-0.1, -0.05) is 17.7 Å². The third-order valence-corrected chi connectivity index (χ3v) is 2.80. The Hall–Kier alpha value is -1.39. The Morgan fingerprint density at radius 3 is 2.82 bits per heavy atom. The fourth-order valence-electron chi connectivity index (χ4n) is 1.61. The van der Waals surface area contributed by atoms with Crippen molar-refractivity contribution in [3.05, 3.63) is 47.0 Å². The zero-order valence-corrected chi connectivity index (χ0v) is 10.3. The summed E-state index contributed by atoms with van der Waals surface area (Å²) in [7, 11) is 0. The van der Waals surface area contributed by atoms with Crippen LogP contribution in [0.3, 0.4) is 0 Å². The van der Waals surface area contributed by atoms with E-state index in [0.29, 0.717) is 11.6 Å². The van der Waals surface area contributed by atoms with Gasteiger partial charge in [-0.15, -0.1) is 0 Å². The molecule has 0 amide bonds. The summed E-state index contributed by atoms with van der Waals surface area (Å²) in [6.45, 7) is 2.86. The van der Waals surface area contributed by atoms with E-state index in [0.717, 1.165) is 17.7 Å². The SMILES string of the molecule is CCn1cc(CC(O)c2ccc(Cl)nc2)cn1. The largest absolute Gasteiger partial charge is 0.388 e. The average molecular weight is 252 g/mol. The first-order chi connectivity index (χ1) is 8.19. The molecule has 2 aromatic heterocycles. The summed E-state index contributed by atoms with van der Waals surface area (Å²) >= 11 is 5.69. The smallest absolute Gasteiger partial charge is 0.129 e. The Morgan fingerprint density at radius 1 is 1.41 bits per heavy atom. The maximum absolute atomic E-state index is 10.0. The van der Waals surface area contributed by atoms with Gasteiger partial charge in [-0.05, 0) is 24.1 Å². The molecular weight excluding hydrogens is 238 g/mol. The Kier molecular flexibility index (Phi) is 3.76. The van der Waals surface area contributed by atoms with E-state index < -0.39 is 6.10 Å². The fraction of sp³-hybridized carbons (Fsp3) is 0.333. The van der Waals surface area contributed by atoms with Gasteiger partial charge in [0, 0.05) is 25.4 Å². The van der Waals surface area contributed by atoms with Gasteiger partial charge in [0.25, 0.3) is 0 Å². The third kappa shape index (κ3) is 3.05. The molecule has 0 aromatic carbocycles. The number of rotatable bonds is 4. The second-order valence-corrected chi connectivity index (χ2v) is 4.23. The molecule has 0 saturated heterocycles. The molecule has 0 aliphatic rings. The highest BCUT2D eigenvalue weighted by Crippen LogP contribution is 2.18. The lowest BCUT2D eigenvalue weighted by Crippen LogP contribution is -2.01. The number of nitrogens with zero attached hydrogens (tertiary/aromatic N) is 3. The molecule has 2 rings (SSSR count). The van der Waals surface area contributed by atoms with Crippen LogP contribution in [-0.2, 0) is 13.0 Å². The number of pyridine rings is 1. The predicted molar refractivity (Wildman–Crippen MR) is 65.8 cm³/mol. The van der Waals surface area contributed by atoms with Crippen LogP contribution in [0.15, 0.2) is 30.7 Å². The highest BCUT2D eigenvalue weighted by atomic mass is 35.5.